The normalized spacial score (nSPS) is 12.5. The van der Waals surface area contributed by atoms with Crippen LogP contribution >= 0.6 is 0 Å². The van der Waals surface area contributed by atoms with Gasteiger partial charge >= 0.3 is 0 Å². The molecular weight excluding hydrogens is 446 g/mol. The van der Waals surface area contributed by atoms with Gasteiger partial charge in [0.25, 0.3) is 20.2 Å². The van der Waals surface area contributed by atoms with E-state index in [1.54, 1.807) is 33.0 Å². The fourth-order valence-electron chi connectivity index (χ4n) is 2.96. The van der Waals surface area contributed by atoms with Crippen molar-refractivity contribution >= 4 is 48.1 Å². The first-order chi connectivity index (χ1) is 14.3. The van der Waals surface area contributed by atoms with E-state index in [4.69, 9.17) is 0 Å². The first-order valence-electron chi connectivity index (χ1n) is 8.78. The molecular formula is C19H19N3O7S2. The average molecular weight is 466 g/mol. The van der Waals surface area contributed by atoms with Gasteiger partial charge in [-0.1, -0.05) is 0 Å². The molecule has 0 aromatic heterocycles. The molecule has 31 heavy (non-hydrogen) atoms. The van der Waals surface area contributed by atoms with Gasteiger partial charge in [-0.05, 0) is 66.8 Å². The van der Waals surface area contributed by atoms with Crippen molar-refractivity contribution in [3.63, 3.8) is 0 Å². The predicted octanol–water partition coefficient (Wildman–Crippen LogP) is 4.11. The van der Waals surface area contributed by atoms with Crippen molar-refractivity contribution in [2.45, 2.75) is 23.6 Å². The largest absolute Gasteiger partial charge is 0.505 e. The smallest absolute Gasteiger partial charge is 0.296 e. The zero-order chi connectivity index (χ0) is 23.1. The molecule has 164 valence electrons. The van der Waals surface area contributed by atoms with Gasteiger partial charge in [0.15, 0.2) is 5.75 Å². The van der Waals surface area contributed by atoms with E-state index >= 15 is 0 Å². The number of benzene rings is 3. The van der Waals surface area contributed by atoms with Crippen LogP contribution in [-0.4, -0.2) is 38.1 Å². The number of aromatic hydroxyl groups is 1. The van der Waals surface area contributed by atoms with Crippen molar-refractivity contribution in [1.82, 2.24) is 0 Å². The summed E-state index contributed by atoms with van der Waals surface area (Å²) in [6.07, 6.45) is 0. The Kier molecular flexibility index (Phi) is 5.76. The van der Waals surface area contributed by atoms with Crippen molar-refractivity contribution in [2.24, 2.45) is 10.2 Å². The molecule has 0 aliphatic rings. The molecule has 3 rings (SSSR count). The number of fused-ring (bicyclic) bond motifs is 1. The Labute approximate surface area is 178 Å². The summed E-state index contributed by atoms with van der Waals surface area (Å²) in [6.45, 7) is 3.31. The molecule has 0 unspecified atom stereocenters. The molecule has 0 fully saturated rings. The molecule has 0 bridgehead atoms. The Bertz CT molecular complexity index is 1450. The number of phenols is 1. The lowest BCUT2D eigenvalue weighted by molar-refractivity contribution is 0.472. The van der Waals surface area contributed by atoms with E-state index in [0.29, 0.717) is 22.2 Å². The zero-order valence-electron chi connectivity index (χ0n) is 16.6. The highest BCUT2D eigenvalue weighted by Gasteiger charge is 2.23. The van der Waals surface area contributed by atoms with Crippen LogP contribution in [0, 0.1) is 13.8 Å². The summed E-state index contributed by atoms with van der Waals surface area (Å²) in [4.78, 5) is -1.25. The van der Waals surface area contributed by atoms with Crippen molar-refractivity contribution in [1.29, 1.82) is 0 Å². The van der Waals surface area contributed by atoms with Gasteiger partial charge in [0.2, 0.25) is 0 Å². The van der Waals surface area contributed by atoms with E-state index < -0.39 is 41.5 Å². The Morgan fingerprint density at radius 3 is 2.03 bits per heavy atom. The van der Waals surface area contributed by atoms with E-state index in [-0.39, 0.29) is 11.1 Å². The molecule has 0 spiro atoms. The maximum absolute atomic E-state index is 11.9. The van der Waals surface area contributed by atoms with Crippen LogP contribution in [0.25, 0.3) is 10.8 Å². The van der Waals surface area contributed by atoms with E-state index in [2.05, 4.69) is 15.5 Å². The minimum atomic E-state index is -4.83. The lowest BCUT2D eigenvalue weighted by atomic mass is 10.1. The van der Waals surface area contributed by atoms with Crippen LogP contribution in [0.1, 0.15) is 11.1 Å². The molecule has 0 amide bonds. The number of nitrogens with one attached hydrogen (secondary N) is 1. The number of anilines is 1. The molecule has 0 saturated carbocycles. The number of rotatable bonds is 5. The second-order valence-electron chi connectivity index (χ2n) is 6.81. The van der Waals surface area contributed by atoms with Crippen LogP contribution in [0.5, 0.6) is 5.75 Å². The number of azo groups is 1. The number of hydrogen-bond donors (Lipinski definition) is 4. The highest BCUT2D eigenvalue weighted by atomic mass is 32.2. The minimum Gasteiger partial charge on any atom is -0.505 e. The van der Waals surface area contributed by atoms with Gasteiger partial charge in [0, 0.05) is 18.1 Å². The fraction of sp³-hybridized carbons (Fsp3) is 0.158. The topological polar surface area (TPSA) is 166 Å². The molecule has 0 heterocycles. The standard InChI is InChI=1S/C19H19N3O7S2/c1-10-6-15(16(7-11(10)2)30(24,25)26)21-22-18-17(31(27,28)29)9-12-8-13(20-3)4-5-14(12)19(18)23/h4-9,20,23H,1-3H3,(H,24,25,26)(H,27,28,29). The fourth-order valence-corrected chi connectivity index (χ4v) is 4.31. The van der Waals surface area contributed by atoms with Crippen LogP contribution in [0.3, 0.4) is 0 Å². The molecule has 0 atom stereocenters. The Morgan fingerprint density at radius 2 is 1.45 bits per heavy atom. The minimum absolute atomic E-state index is 0.232. The molecule has 0 aliphatic carbocycles. The van der Waals surface area contributed by atoms with Crippen molar-refractivity contribution in [2.75, 3.05) is 12.4 Å². The highest BCUT2D eigenvalue weighted by Crippen LogP contribution is 2.42. The third-order valence-electron chi connectivity index (χ3n) is 4.73. The quantitative estimate of drug-likeness (QED) is 0.323. The van der Waals surface area contributed by atoms with Crippen molar-refractivity contribution < 1.29 is 31.0 Å². The van der Waals surface area contributed by atoms with Gasteiger partial charge in [0.05, 0.1) is 0 Å². The second kappa shape index (κ2) is 7.89. The number of phenolic OH excluding ortho intramolecular Hbond substituents is 1. The van der Waals surface area contributed by atoms with E-state index in [1.807, 2.05) is 0 Å². The summed E-state index contributed by atoms with van der Waals surface area (Å²) in [5, 5.41) is 21.5. The Balaban J connectivity index is 2.30. The summed E-state index contributed by atoms with van der Waals surface area (Å²) >= 11 is 0. The van der Waals surface area contributed by atoms with Gasteiger partial charge in [0.1, 0.15) is 21.2 Å². The Morgan fingerprint density at radius 1 is 0.839 bits per heavy atom. The van der Waals surface area contributed by atoms with Gasteiger partial charge in [-0.2, -0.15) is 16.8 Å². The molecule has 0 radical (unpaired) electrons. The van der Waals surface area contributed by atoms with Crippen LogP contribution < -0.4 is 5.32 Å². The molecule has 12 heteroatoms. The molecule has 4 N–H and O–H groups in total. The summed E-state index contributed by atoms with van der Waals surface area (Å²) in [5.74, 6) is -0.575. The predicted molar refractivity (Wildman–Crippen MR) is 115 cm³/mol. The summed E-state index contributed by atoms with van der Waals surface area (Å²) in [6, 6.07) is 8.36. The van der Waals surface area contributed by atoms with Crippen molar-refractivity contribution in [3.05, 3.63) is 47.5 Å². The lowest BCUT2D eigenvalue weighted by Gasteiger charge is -2.11. The van der Waals surface area contributed by atoms with Crippen LogP contribution in [0.15, 0.2) is 56.4 Å². The lowest BCUT2D eigenvalue weighted by Crippen LogP contribution is -2.00. The highest BCUT2D eigenvalue weighted by molar-refractivity contribution is 7.86. The van der Waals surface area contributed by atoms with Crippen LogP contribution in [-0.2, 0) is 20.2 Å². The van der Waals surface area contributed by atoms with E-state index in [1.165, 1.54) is 18.2 Å². The maximum Gasteiger partial charge on any atom is 0.296 e. The average Bonchev–Trinajstić information content (AvgIpc) is 2.67. The first kappa shape index (κ1) is 22.6. The third-order valence-corrected chi connectivity index (χ3v) is 6.48. The van der Waals surface area contributed by atoms with Crippen molar-refractivity contribution in [3.8, 4) is 5.75 Å². The molecule has 0 saturated heterocycles. The number of aryl methyl sites for hydroxylation is 2. The van der Waals surface area contributed by atoms with Crippen LogP contribution in [0.4, 0.5) is 17.1 Å². The third kappa shape index (κ3) is 4.51. The summed E-state index contributed by atoms with van der Waals surface area (Å²) in [5.41, 5.74) is 0.997. The molecule has 0 aliphatic heterocycles. The van der Waals surface area contributed by atoms with Crippen LogP contribution in [0.2, 0.25) is 0 Å². The number of nitrogens with zero attached hydrogens (tertiary/aromatic N) is 2. The van der Waals surface area contributed by atoms with Gasteiger partial charge in [-0.3, -0.25) is 9.11 Å². The molecule has 10 nitrogen and oxygen atoms in total. The van der Waals surface area contributed by atoms with Gasteiger partial charge in [-0.15, -0.1) is 10.2 Å². The summed E-state index contributed by atoms with van der Waals surface area (Å²) < 4.78 is 66.4. The first-order valence-corrected chi connectivity index (χ1v) is 11.7. The number of hydrogen-bond acceptors (Lipinski definition) is 8. The maximum atomic E-state index is 11.9. The Hall–Kier alpha value is -3.06. The monoisotopic (exact) mass is 465 g/mol. The molecule has 3 aromatic rings. The van der Waals surface area contributed by atoms with E-state index in [9.17, 15) is 31.0 Å². The molecule has 3 aromatic carbocycles. The van der Waals surface area contributed by atoms with E-state index in [0.717, 1.165) is 6.07 Å². The van der Waals surface area contributed by atoms with Gasteiger partial charge in [-0.25, -0.2) is 0 Å². The summed E-state index contributed by atoms with van der Waals surface area (Å²) in [7, 11) is -7.83. The SMILES string of the molecule is CNc1ccc2c(O)c(N=Nc3cc(C)c(C)cc3S(=O)(=O)O)c(S(=O)(=O)O)cc2c1. The zero-order valence-corrected chi connectivity index (χ0v) is 18.3. The van der Waals surface area contributed by atoms with Gasteiger partial charge < -0.3 is 10.4 Å². The second-order valence-corrected chi connectivity index (χ2v) is 9.59.